The van der Waals surface area contributed by atoms with Gasteiger partial charge in [0.15, 0.2) is 0 Å². The van der Waals surface area contributed by atoms with Crippen LogP contribution in [0.1, 0.15) is 38.3 Å². The number of hydrogen-bond acceptors (Lipinski definition) is 2. The lowest BCUT2D eigenvalue weighted by Gasteiger charge is -2.16. The van der Waals surface area contributed by atoms with E-state index in [4.69, 9.17) is 10.5 Å². The van der Waals surface area contributed by atoms with Gasteiger partial charge in [-0.15, -0.1) is 6.58 Å². The molecule has 0 radical (unpaired) electrons. The molecule has 16 heavy (non-hydrogen) atoms. The monoisotopic (exact) mass is 219 g/mol. The van der Waals surface area contributed by atoms with E-state index in [1.54, 1.807) is 0 Å². The molecule has 0 saturated heterocycles. The van der Waals surface area contributed by atoms with Crippen molar-refractivity contribution in [2.24, 2.45) is 5.73 Å². The van der Waals surface area contributed by atoms with E-state index in [0.29, 0.717) is 6.61 Å². The van der Waals surface area contributed by atoms with Crippen LogP contribution >= 0.6 is 0 Å². The molecule has 88 valence electrons. The van der Waals surface area contributed by atoms with Crippen LogP contribution in [0, 0.1) is 0 Å². The van der Waals surface area contributed by atoms with Gasteiger partial charge in [-0.25, -0.2) is 0 Å². The molecule has 0 heterocycles. The molecular weight excluding hydrogens is 198 g/mol. The van der Waals surface area contributed by atoms with Crippen molar-refractivity contribution in [1.82, 2.24) is 0 Å². The molecule has 0 spiro atoms. The zero-order valence-corrected chi connectivity index (χ0v) is 10.2. The second-order valence-electron chi connectivity index (χ2n) is 4.07. The first kappa shape index (κ1) is 12.8. The van der Waals surface area contributed by atoms with Crippen LogP contribution in [-0.2, 0) is 0 Å². The fraction of sp³-hybridized carbons (Fsp3) is 0.429. The average Bonchev–Trinajstić information content (AvgIpc) is 2.27. The van der Waals surface area contributed by atoms with Crippen LogP contribution in [0.15, 0.2) is 36.4 Å². The summed E-state index contributed by atoms with van der Waals surface area (Å²) in [5, 5.41) is 0. The highest BCUT2D eigenvalue weighted by Gasteiger charge is 2.11. The summed E-state index contributed by atoms with van der Waals surface area (Å²) in [6.45, 7) is 8.57. The van der Waals surface area contributed by atoms with Gasteiger partial charge in [-0.2, -0.15) is 0 Å². The van der Waals surface area contributed by atoms with Crippen molar-refractivity contribution in [2.75, 3.05) is 6.61 Å². The number of ether oxygens (including phenoxy) is 1. The molecular formula is C14H21NO. The Hall–Kier alpha value is -1.28. The van der Waals surface area contributed by atoms with Crippen molar-refractivity contribution in [3.05, 3.63) is 42.0 Å². The Morgan fingerprint density at radius 2 is 2.12 bits per heavy atom. The van der Waals surface area contributed by atoms with Gasteiger partial charge in [-0.05, 0) is 32.8 Å². The molecule has 0 amide bonds. The Labute approximate surface area is 98.1 Å². The molecule has 1 rings (SSSR count). The van der Waals surface area contributed by atoms with Crippen molar-refractivity contribution in [1.29, 1.82) is 0 Å². The Bertz CT molecular complexity index is 346. The Morgan fingerprint density at radius 3 is 2.75 bits per heavy atom. The first-order valence-corrected chi connectivity index (χ1v) is 5.76. The van der Waals surface area contributed by atoms with E-state index in [9.17, 15) is 0 Å². The number of rotatable bonds is 6. The van der Waals surface area contributed by atoms with E-state index >= 15 is 0 Å². The highest BCUT2D eigenvalue weighted by molar-refractivity contribution is 5.35. The second-order valence-corrected chi connectivity index (χ2v) is 4.07. The quantitative estimate of drug-likeness (QED) is 0.744. The first-order chi connectivity index (χ1) is 7.65. The molecule has 0 bridgehead atoms. The largest absolute Gasteiger partial charge is 0.494 e. The summed E-state index contributed by atoms with van der Waals surface area (Å²) in [6, 6.07) is 8.01. The Kier molecular flexibility index (Phi) is 5.06. The highest BCUT2D eigenvalue weighted by Crippen LogP contribution is 2.27. The molecule has 0 aliphatic rings. The zero-order valence-electron chi connectivity index (χ0n) is 10.2. The molecule has 2 nitrogen and oxygen atoms in total. The molecule has 0 fully saturated rings. The minimum absolute atomic E-state index is 0.0273. The lowest BCUT2D eigenvalue weighted by molar-refractivity contribution is 0.333. The maximum Gasteiger partial charge on any atom is 0.124 e. The van der Waals surface area contributed by atoms with Gasteiger partial charge in [0.25, 0.3) is 0 Å². The summed E-state index contributed by atoms with van der Waals surface area (Å²) in [5.41, 5.74) is 8.41. The fourth-order valence-electron chi connectivity index (χ4n) is 1.63. The maximum atomic E-state index is 6.15. The van der Waals surface area contributed by atoms with Crippen LogP contribution in [0.5, 0.6) is 5.75 Å². The second kappa shape index (κ2) is 6.33. The predicted molar refractivity (Wildman–Crippen MR) is 68.6 cm³/mol. The molecule has 0 saturated carbocycles. The van der Waals surface area contributed by atoms with E-state index in [0.717, 1.165) is 24.2 Å². The van der Waals surface area contributed by atoms with Gasteiger partial charge >= 0.3 is 0 Å². The lowest BCUT2D eigenvalue weighted by Crippen LogP contribution is -2.12. The minimum atomic E-state index is 0.0273. The van der Waals surface area contributed by atoms with E-state index in [1.165, 1.54) is 5.57 Å². The molecule has 2 N–H and O–H groups in total. The number of para-hydroxylation sites is 1. The Morgan fingerprint density at radius 1 is 1.44 bits per heavy atom. The highest BCUT2D eigenvalue weighted by atomic mass is 16.5. The summed E-state index contributed by atoms with van der Waals surface area (Å²) >= 11 is 0. The average molecular weight is 219 g/mol. The van der Waals surface area contributed by atoms with Gasteiger partial charge in [-0.1, -0.05) is 23.8 Å². The molecule has 1 unspecified atom stereocenters. The third-order valence-corrected chi connectivity index (χ3v) is 2.50. The third-order valence-electron chi connectivity index (χ3n) is 2.50. The van der Waals surface area contributed by atoms with Gasteiger partial charge in [0.05, 0.1) is 6.61 Å². The minimum Gasteiger partial charge on any atom is -0.494 e. The SMILES string of the molecule is C=C(C)CCC(N)c1ccccc1OCC. The summed E-state index contributed by atoms with van der Waals surface area (Å²) in [4.78, 5) is 0. The van der Waals surface area contributed by atoms with Crippen LogP contribution in [0.4, 0.5) is 0 Å². The molecule has 2 heteroatoms. The van der Waals surface area contributed by atoms with E-state index < -0.39 is 0 Å². The molecule has 0 aliphatic carbocycles. The Balaban J connectivity index is 2.73. The number of hydrogen-bond donors (Lipinski definition) is 1. The predicted octanol–water partition coefficient (Wildman–Crippen LogP) is 3.44. The van der Waals surface area contributed by atoms with Gasteiger partial charge < -0.3 is 10.5 Å². The third kappa shape index (κ3) is 3.70. The molecule has 1 atom stereocenters. The summed E-state index contributed by atoms with van der Waals surface area (Å²) in [6.07, 6.45) is 1.88. The summed E-state index contributed by atoms with van der Waals surface area (Å²) < 4.78 is 5.56. The van der Waals surface area contributed by atoms with Crippen LogP contribution in [-0.4, -0.2) is 6.61 Å². The van der Waals surface area contributed by atoms with Crippen molar-refractivity contribution in [2.45, 2.75) is 32.7 Å². The number of nitrogens with two attached hydrogens (primary N) is 1. The van der Waals surface area contributed by atoms with Gasteiger partial charge in [0.1, 0.15) is 5.75 Å². The van der Waals surface area contributed by atoms with E-state index in [-0.39, 0.29) is 6.04 Å². The topological polar surface area (TPSA) is 35.2 Å². The smallest absolute Gasteiger partial charge is 0.124 e. The van der Waals surface area contributed by atoms with E-state index in [2.05, 4.69) is 6.58 Å². The fourth-order valence-corrected chi connectivity index (χ4v) is 1.63. The molecule has 0 aliphatic heterocycles. The zero-order chi connectivity index (χ0) is 12.0. The molecule has 1 aromatic rings. The van der Waals surface area contributed by atoms with Crippen molar-refractivity contribution < 1.29 is 4.74 Å². The van der Waals surface area contributed by atoms with Crippen LogP contribution in [0.2, 0.25) is 0 Å². The van der Waals surface area contributed by atoms with E-state index in [1.807, 2.05) is 38.1 Å². The number of allylic oxidation sites excluding steroid dienone is 1. The van der Waals surface area contributed by atoms with Gasteiger partial charge in [0.2, 0.25) is 0 Å². The van der Waals surface area contributed by atoms with Crippen LogP contribution in [0.25, 0.3) is 0 Å². The standard InChI is InChI=1S/C14H21NO/c1-4-16-14-8-6-5-7-12(14)13(15)10-9-11(2)3/h5-8,13H,2,4,9-10,15H2,1,3H3. The lowest BCUT2D eigenvalue weighted by atomic mass is 10.00. The van der Waals surface area contributed by atoms with Crippen molar-refractivity contribution in [3.63, 3.8) is 0 Å². The van der Waals surface area contributed by atoms with Crippen molar-refractivity contribution in [3.8, 4) is 5.75 Å². The van der Waals surface area contributed by atoms with Crippen LogP contribution in [0.3, 0.4) is 0 Å². The van der Waals surface area contributed by atoms with Crippen LogP contribution < -0.4 is 10.5 Å². The number of benzene rings is 1. The normalized spacial score (nSPS) is 12.2. The molecule has 1 aromatic carbocycles. The summed E-state index contributed by atoms with van der Waals surface area (Å²) in [5.74, 6) is 0.902. The van der Waals surface area contributed by atoms with Gasteiger partial charge in [0, 0.05) is 11.6 Å². The molecule has 0 aromatic heterocycles. The first-order valence-electron chi connectivity index (χ1n) is 5.76. The van der Waals surface area contributed by atoms with Gasteiger partial charge in [-0.3, -0.25) is 0 Å². The van der Waals surface area contributed by atoms with Crippen molar-refractivity contribution >= 4 is 0 Å². The summed E-state index contributed by atoms with van der Waals surface area (Å²) in [7, 11) is 0. The maximum absolute atomic E-state index is 6.15.